The van der Waals surface area contributed by atoms with E-state index in [4.69, 9.17) is 4.74 Å². The molecule has 2 aromatic rings. The molecule has 0 saturated heterocycles. The Morgan fingerprint density at radius 3 is 2.43 bits per heavy atom. The van der Waals surface area contributed by atoms with Gasteiger partial charge in [0, 0.05) is 17.6 Å². The van der Waals surface area contributed by atoms with Crippen molar-refractivity contribution in [3.63, 3.8) is 0 Å². The highest BCUT2D eigenvalue weighted by molar-refractivity contribution is 5.34. The number of halogens is 1. The van der Waals surface area contributed by atoms with Gasteiger partial charge in [-0.2, -0.15) is 0 Å². The molecule has 2 aromatic carbocycles. The summed E-state index contributed by atoms with van der Waals surface area (Å²) in [7, 11) is 0. The highest BCUT2D eigenvalue weighted by Crippen LogP contribution is 2.57. The standard InChI is InChI=1S/C24H28FNO2/c25-21-7-5-17(6-8-21)15-28-22-4-2-1-3-20(22)14-26-23-10-18-9-19(11-23)13-24(27,12-18)16-23/h1-8,18-19,26-27H,9-16H2. The zero-order valence-corrected chi connectivity index (χ0v) is 16.2. The van der Waals surface area contributed by atoms with E-state index in [1.165, 1.54) is 31.4 Å². The molecular weight excluding hydrogens is 353 g/mol. The lowest BCUT2D eigenvalue weighted by Crippen LogP contribution is -2.64. The largest absolute Gasteiger partial charge is 0.489 e. The Kier molecular flexibility index (Phi) is 4.44. The highest BCUT2D eigenvalue weighted by Gasteiger charge is 2.56. The van der Waals surface area contributed by atoms with E-state index in [2.05, 4.69) is 11.4 Å². The van der Waals surface area contributed by atoms with Gasteiger partial charge in [-0.3, -0.25) is 0 Å². The Bertz CT molecular complexity index is 836. The maximum atomic E-state index is 13.1. The lowest BCUT2D eigenvalue weighted by Gasteiger charge is -2.60. The number of aliphatic hydroxyl groups is 1. The molecular formula is C24H28FNO2. The molecule has 0 amide bonds. The van der Waals surface area contributed by atoms with Crippen molar-refractivity contribution in [1.82, 2.24) is 5.32 Å². The predicted molar refractivity (Wildman–Crippen MR) is 106 cm³/mol. The van der Waals surface area contributed by atoms with Crippen LogP contribution in [0.3, 0.4) is 0 Å². The van der Waals surface area contributed by atoms with Crippen LogP contribution < -0.4 is 10.1 Å². The SMILES string of the molecule is OC12CC3CC(C1)CC(NCc1ccccc1OCc1ccc(F)cc1)(C3)C2. The molecule has 0 aromatic heterocycles. The third-order valence-electron chi connectivity index (χ3n) is 6.96. The molecule has 4 aliphatic carbocycles. The van der Waals surface area contributed by atoms with Crippen molar-refractivity contribution < 1.29 is 14.2 Å². The summed E-state index contributed by atoms with van der Waals surface area (Å²) in [6.45, 7) is 1.17. The number of nitrogens with one attached hydrogen (secondary N) is 1. The van der Waals surface area contributed by atoms with Gasteiger partial charge in [-0.15, -0.1) is 0 Å². The van der Waals surface area contributed by atoms with Gasteiger partial charge < -0.3 is 15.2 Å². The van der Waals surface area contributed by atoms with Crippen molar-refractivity contribution in [3.05, 3.63) is 65.5 Å². The van der Waals surface area contributed by atoms with Gasteiger partial charge in [-0.1, -0.05) is 30.3 Å². The zero-order valence-electron chi connectivity index (χ0n) is 16.2. The van der Waals surface area contributed by atoms with Gasteiger partial charge in [-0.05, 0) is 74.1 Å². The maximum Gasteiger partial charge on any atom is 0.124 e. The van der Waals surface area contributed by atoms with Gasteiger partial charge in [0.25, 0.3) is 0 Å². The molecule has 148 valence electrons. The van der Waals surface area contributed by atoms with Gasteiger partial charge in [-0.25, -0.2) is 4.39 Å². The summed E-state index contributed by atoms with van der Waals surface area (Å²) in [5.41, 5.74) is 1.71. The first-order valence-electron chi connectivity index (χ1n) is 10.4. The lowest BCUT2D eigenvalue weighted by atomic mass is 9.51. The van der Waals surface area contributed by atoms with Gasteiger partial charge in [0.15, 0.2) is 0 Å². The highest BCUT2D eigenvalue weighted by atomic mass is 19.1. The van der Waals surface area contributed by atoms with Crippen molar-refractivity contribution in [2.45, 2.75) is 62.8 Å². The smallest absolute Gasteiger partial charge is 0.124 e. The quantitative estimate of drug-likeness (QED) is 0.770. The molecule has 4 saturated carbocycles. The molecule has 4 bridgehead atoms. The first-order chi connectivity index (χ1) is 13.5. The number of para-hydroxylation sites is 1. The van der Waals surface area contributed by atoms with Gasteiger partial charge in [0.05, 0.1) is 5.60 Å². The lowest BCUT2D eigenvalue weighted by molar-refractivity contribution is -0.142. The number of hydrogen-bond acceptors (Lipinski definition) is 3. The van der Waals surface area contributed by atoms with Gasteiger partial charge in [0.1, 0.15) is 18.2 Å². The Hall–Kier alpha value is -1.91. The van der Waals surface area contributed by atoms with Crippen LogP contribution in [0.2, 0.25) is 0 Å². The molecule has 2 N–H and O–H groups in total. The number of hydrogen-bond donors (Lipinski definition) is 2. The molecule has 0 spiro atoms. The average Bonchev–Trinajstić information content (AvgIpc) is 2.65. The van der Waals surface area contributed by atoms with Crippen LogP contribution in [0.4, 0.5) is 4.39 Å². The van der Waals surface area contributed by atoms with Gasteiger partial charge in [0.2, 0.25) is 0 Å². The molecule has 2 atom stereocenters. The summed E-state index contributed by atoms with van der Waals surface area (Å²) in [6, 6.07) is 14.5. The topological polar surface area (TPSA) is 41.5 Å². The Balaban J connectivity index is 1.27. The van der Waals surface area contributed by atoms with E-state index in [-0.39, 0.29) is 11.4 Å². The second-order valence-corrected chi connectivity index (χ2v) is 9.34. The van der Waals surface area contributed by atoms with E-state index >= 15 is 0 Å². The summed E-state index contributed by atoms with van der Waals surface area (Å²) >= 11 is 0. The van der Waals surface area contributed by atoms with E-state index in [0.717, 1.165) is 42.7 Å². The van der Waals surface area contributed by atoms with Gasteiger partial charge >= 0.3 is 0 Å². The molecule has 4 heteroatoms. The zero-order chi connectivity index (χ0) is 19.2. The van der Waals surface area contributed by atoms with Crippen LogP contribution in [0.5, 0.6) is 5.75 Å². The second-order valence-electron chi connectivity index (χ2n) is 9.34. The fourth-order valence-electron chi connectivity index (χ4n) is 6.24. The fraction of sp³-hybridized carbons (Fsp3) is 0.500. The summed E-state index contributed by atoms with van der Waals surface area (Å²) < 4.78 is 19.1. The van der Waals surface area contributed by atoms with Crippen molar-refractivity contribution >= 4 is 0 Å². The van der Waals surface area contributed by atoms with E-state index < -0.39 is 5.60 Å². The van der Waals surface area contributed by atoms with E-state index in [0.29, 0.717) is 18.4 Å². The third-order valence-corrected chi connectivity index (χ3v) is 6.96. The minimum Gasteiger partial charge on any atom is -0.489 e. The molecule has 2 unspecified atom stereocenters. The fourth-order valence-corrected chi connectivity index (χ4v) is 6.24. The van der Waals surface area contributed by atoms with Crippen molar-refractivity contribution in [1.29, 1.82) is 0 Å². The maximum absolute atomic E-state index is 13.1. The number of rotatable bonds is 6. The Morgan fingerprint density at radius 2 is 1.71 bits per heavy atom. The monoisotopic (exact) mass is 381 g/mol. The van der Waals surface area contributed by atoms with Crippen molar-refractivity contribution in [3.8, 4) is 5.75 Å². The van der Waals surface area contributed by atoms with Crippen LogP contribution in [0.15, 0.2) is 48.5 Å². The van der Waals surface area contributed by atoms with Crippen molar-refractivity contribution in [2.75, 3.05) is 0 Å². The first kappa shape index (κ1) is 18.1. The molecule has 3 nitrogen and oxygen atoms in total. The predicted octanol–water partition coefficient (Wildman–Crippen LogP) is 4.58. The van der Waals surface area contributed by atoms with Crippen molar-refractivity contribution in [2.24, 2.45) is 11.8 Å². The number of ether oxygens (including phenoxy) is 1. The second kappa shape index (κ2) is 6.85. The molecule has 0 aliphatic heterocycles. The molecule has 4 aliphatic rings. The summed E-state index contributed by atoms with van der Waals surface area (Å²) in [5, 5.41) is 14.8. The minimum absolute atomic E-state index is 0.0723. The summed E-state index contributed by atoms with van der Waals surface area (Å²) in [5.74, 6) is 1.97. The van der Waals surface area contributed by atoms with E-state index in [9.17, 15) is 9.50 Å². The van der Waals surface area contributed by atoms with Crippen LogP contribution >= 0.6 is 0 Å². The van der Waals surface area contributed by atoms with E-state index in [1.54, 1.807) is 12.1 Å². The first-order valence-corrected chi connectivity index (χ1v) is 10.4. The normalized spacial score (nSPS) is 33.2. The van der Waals surface area contributed by atoms with Crippen LogP contribution in [-0.4, -0.2) is 16.2 Å². The summed E-state index contributed by atoms with van der Waals surface area (Å²) in [4.78, 5) is 0. The number of benzene rings is 2. The van der Waals surface area contributed by atoms with Crippen LogP contribution in [0.1, 0.15) is 49.7 Å². The molecule has 4 fully saturated rings. The van der Waals surface area contributed by atoms with E-state index in [1.807, 2.05) is 18.2 Å². The molecule has 28 heavy (non-hydrogen) atoms. The van der Waals surface area contributed by atoms with Crippen LogP contribution in [-0.2, 0) is 13.2 Å². The summed E-state index contributed by atoms with van der Waals surface area (Å²) in [6.07, 6.45) is 6.53. The molecule has 6 rings (SSSR count). The molecule has 0 heterocycles. The minimum atomic E-state index is -0.449. The Labute approximate surface area is 165 Å². The van der Waals surface area contributed by atoms with Crippen LogP contribution in [0, 0.1) is 17.7 Å². The third kappa shape index (κ3) is 3.56. The van der Waals surface area contributed by atoms with Crippen LogP contribution in [0.25, 0.3) is 0 Å². The average molecular weight is 381 g/mol. The molecule has 0 radical (unpaired) electrons. The Morgan fingerprint density at radius 1 is 1.00 bits per heavy atom.